The van der Waals surface area contributed by atoms with Gasteiger partial charge in [0.1, 0.15) is 11.6 Å². The molecule has 1 aliphatic heterocycles. The average Bonchev–Trinajstić information content (AvgIpc) is 3.34. The van der Waals surface area contributed by atoms with Crippen LogP contribution in [0.15, 0.2) is 42.6 Å². The number of carbonyl (C=O) groups is 1. The number of fused-ring (bicyclic) bond motifs is 6. The lowest BCUT2D eigenvalue weighted by Gasteiger charge is -2.71. The van der Waals surface area contributed by atoms with Gasteiger partial charge in [-0.3, -0.25) is 10.1 Å². The number of aromatic nitrogens is 2. The summed E-state index contributed by atoms with van der Waals surface area (Å²) >= 11 is 0. The van der Waals surface area contributed by atoms with E-state index in [1.54, 1.807) is 12.1 Å². The number of nitrogens with one attached hydrogen (secondary N) is 3. The molecule has 11 atom stereocenters. The molecule has 7 aliphatic rings. The Balaban J connectivity index is 1.03. The number of aliphatic hydroxyl groups excluding tert-OH is 1. The Morgan fingerprint density at radius 3 is 2.35 bits per heavy atom. The van der Waals surface area contributed by atoms with Crippen LogP contribution in [0, 0.1) is 51.1 Å². The molecule has 264 valence electrons. The fourth-order valence-corrected chi connectivity index (χ4v) is 14.5. The number of allylic oxidation sites excluding steroid dienone is 1. The van der Waals surface area contributed by atoms with E-state index in [4.69, 9.17) is 4.98 Å². The number of carbonyl (C=O) groups excluding carboxylic acids is 1. The monoisotopic (exact) mass is 668 g/mol. The second-order valence-corrected chi connectivity index (χ2v) is 19.0. The number of nitrogens with zero attached hydrogens (tertiary/aromatic N) is 1. The molecule has 4 N–H and O–H groups in total. The molecular formula is C42H57FN4O2. The third-order valence-electron chi connectivity index (χ3n) is 17.6. The molecule has 2 heterocycles. The minimum atomic E-state index is -0.484. The number of H-pyrrole nitrogens is 1. The first-order chi connectivity index (χ1) is 23.2. The Labute approximate surface area is 291 Å². The van der Waals surface area contributed by atoms with Crippen molar-refractivity contribution in [1.82, 2.24) is 20.6 Å². The van der Waals surface area contributed by atoms with E-state index in [-0.39, 0.29) is 45.2 Å². The molecule has 6 aliphatic carbocycles. The highest BCUT2D eigenvalue weighted by molar-refractivity contribution is 5.85. The van der Waals surface area contributed by atoms with Gasteiger partial charge in [-0.15, -0.1) is 0 Å². The predicted octanol–water partition coefficient (Wildman–Crippen LogP) is 8.19. The van der Waals surface area contributed by atoms with Gasteiger partial charge in [0.2, 0.25) is 5.91 Å². The Kier molecular flexibility index (Phi) is 6.67. The van der Waals surface area contributed by atoms with Crippen LogP contribution in [0.3, 0.4) is 0 Å². The lowest BCUT2D eigenvalue weighted by Crippen LogP contribution is -2.69. The van der Waals surface area contributed by atoms with Crippen molar-refractivity contribution < 1.29 is 14.3 Å². The zero-order chi connectivity index (χ0) is 34.4. The van der Waals surface area contributed by atoms with Crippen LogP contribution in [-0.2, 0) is 10.3 Å². The number of aromatic amines is 1. The van der Waals surface area contributed by atoms with Crippen LogP contribution in [0.25, 0.3) is 11.3 Å². The van der Waals surface area contributed by atoms with Crippen LogP contribution in [0.2, 0.25) is 0 Å². The first-order valence-corrected chi connectivity index (χ1v) is 19.5. The highest BCUT2D eigenvalue weighted by atomic mass is 19.1. The molecule has 6 nitrogen and oxygen atoms in total. The van der Waals surface area contributed by atoms with Crippen LogP contribution in [0.1, 0.15) is 124 Å². The lowest BCUT2D eigenvalue weighted by molar-refractivity contribution is -0.221. The van der Waals surface area contributed by atoms with Crippen molar-refractivity contribution in [3.8, 4) is 11.3 Å². The van der Waals surface area contributed by atoms with E-state index >= 15 is 4.79 Å². The molecule has 0 unspecified atom stereocenters. The molecule has 9 rings (SSSR count). The molecule has 1 saturated heterocycles. The highest BCUT2D eigenvalue weighted by Gasteiger charge is 2.82. The summed E-state index contributed by atoms with van der Waals surface area (Å²) in [4.78, 5) is 23.5. The molecular weight excluding hydrogens is 611 g/mol. The summed E-state index contributed by atoms with van der Waals surface area (Å²) in [5.41, 5.74) is 2.52. The van der Waals surface area contributed by atoms with Crippen LogP contribution in [0.5, 0.6) is 0 Å². The van der Waals surface area contributed by atoms with Crippen molar-refractivity contribution in [1.29, 1.82) is 0 Å². The average molecular weight is 669 g/mol. The SMILES string of the molecule is C=C(C)[C@@H]1CC[C@]2(C(=O)NC3(c4ncc(-c5ccc(F)cc5)[nH]4)CCC3)CC[C@]3(C)[C@H](CC[C@@H]4[C@@]5(C)CC[C@H](O)[C@@]6(C)N[C@@]56CC[C@]43C)[C@@H]12. The van der Waals surface area contributed by atoms with Gasteiger partial charge in [-0.05, 0) is 167 Å². The number of aliphatic hydroxyl groups is 1. The van der Waals surface area contributed by atoms with E-state index < -0.39 is 11.0 Å². The van der Waals surface area contributed by atoms with Gasteiger partial charge < -0.3 is 15.4 Å². The zero-order valence-corrected chi connectivity index (χ0v) is 30.4. The first kappa shape index (κ1) is 32.4. The molecule has 49 heavy (non-hydrogen) atoms. The van der Waals surface area contributed by atoms with Gasteiger partial charge in [0, 0.05) is 5.54 Å². The van der Waals surface area contributed by atoms with Crippen LogP contribution in [0.4, 0.5) is 4.39 Å². The minimum Gasteiger partial charge on any atom is -0.391 e. The quantitative estimate of drug-likeness (QED) is 0.191. The van der Waals surface area contributed by atoms with Gasteiger partial charge >= 0.3 is 0 Å². The van der Waals surface area contributed by atoms with Crippen molar-refractivity contribution in [3.63, 3.8) is 0 Å². The summed E-state index contributed by atoms with van der Waals surface area (Å²) in [5, 5.41) is 18.7. The molecule has 1 aromatic heterocycles. The minimum absolute atomic E-state index is 0.0520. The number of rotatable bonds is 5. The maximum Gasteiger partial charge on any atom is 0.227 e. The standard InChI is InChI=1S/C42H57FN4O2/c1-25(2)28-14-19-40(35(49)46-41(16-7-17-41)34-44-24-30(45-34)26-8-10-27(43)11-9-26)22-20-36(3)29(33(28)40)12-13-31-37(36,4)21-23-42-38(31,5)18-15-32(48)39(42,6)47-42/h8-11,24,28-29,31-33,47-48H,1,7,12-23H2,2-6H3,(H,44,45)(H,46,49)/t28-,29+,31-,32-,33+,36+,37+,38+,39+,40-,42-/m0/s1. The largest absolute Gasteiger partial charge is 0.391 e. The van der Waals surface area contributed by atoms with E-state index in [9.17, 15) is 9.50 Å². The third kappa shape index (κ3) is 3.85. The summed E-state index contributed by atoms with van der Waals surface area (Å²) in [7, 11) is 0. The summed E-state index contributed by atoms with van der Waals surface area (Å²) in [6, 6.07) is 6.50. The molecule has 2 aromatic rings. The molecule has 0 bridgehead atoms. The zero-order valence-electron chi connectivity index (χ0n) is 30.4. The maximum atomic E-state index is 15.1. The van der Waals surface area contributed by atoms with E-state index in [0.29, 0.717) is 23.7 Å². The summed E-state index contributed by atoms with van der Waals surface area (Å²) in [5.74, 6) is 2.56. The van der Waals surface area contributed by atoms with Gasteiger partial charge in [0.25, 0.3) is 0 Å². The molecule has 1 spiro atoms. The summed E-state index contributed by atoms with van der Waals surface area (Å²) in [6.07, 6.45) is 15.1. The van der Waals surface area contributed by atoms with Gasteiger partial charge in [0.05, 0.1) is 34.5 Å². The normalized spacial score (nSPS) is 47.4. The molecule has 1 amide bonds. The van der Waals surface area contributed by atoms with Crippen molar-refractivity contribution >= 4 is 5.91 Å². The van der Waals surface area contributed by atoms with Gasteiger partial charge in [0.15, 0.2) is 0 Å². The number of benzene rings is 1. The van der Waals surface area contributed by atoms with E-state index in [1.165, 1.54) is 37.0 Å². The van der Waals surface area contributed by atoms with Crippen LogP contribution in [-0.4, -0.2) is 38.2 Å². The van der Waals surface area contributed by atoms with Crippen molar-refractivity contribution in [2.45, 2.75) is 141 Å². The Morgan fingerprint density at radius 1 is 0.918 bits per heavy atom. The number of hydrogen-bond donors (Lipinski definition) is 4. The second kappa shape index (κ2) is 10.1. The third-order valence-corrected chi connectivity index (χ3v) is 17.6. The molecule has 7 heteroatoms. The molecule has 1 aromatic carbocycles. The molecule has 7 fully saturated rings. The Morgan fingerprint density at radius 2 is 1.65 bits per heavy atom. The van der Waals surface area contributed by atoms with Crippen LogP contribution >= 0.6 is 0 Å². The van der Waals surface area contributed by atoms with Crippen molar-refractivity contribution in [3.05, 3.63) is 54.3 Å². The van der Waals surface area contributed by atoms with Crippen molar-refractivity contribution in [2.75, 3.05) is 0 Å². The van der Waals surface area contributed by atoms with Crippen molar-refractivity contribution in [2.24, 2.45) is 45.3 Å². The van der Waals surface area contributed by atoms with E-state index in [1.807, 2.05) is 6.20 Å². The number of hydrogen-bond acceptors (Lipinski definition) is 4. The summed E-state index contributed by atoms with van der Waals surface area (Å²) < 4.78 is 13.6. The van der Waals surface area contributed by atoms with E-state index in [0.717, 1.165) is 81.3 Å². The van der Waals surface area contributed by atoms with Gasteiger partial charge in [-0.1, -0.05) is 32.9 Å². The number of halogens is 1. The first-order valence-electron chi connectivity index (χ1n) is 19.5. The smallest absolute Gasteiger partial charge is 0.227 e. The molecule has 0 radical (unpaired) electrons. The molecule has 6 saturated carbocycles. The lowest BCUT2D eigenvalue weighted by atomic mass is 9.33. The van der Waals surface area contributed by atoms with Crippen LogP contribution < -0.4 is 10.6 Å². The number of amides is 1. The Bertz CT molecular complexity index is 1720. The van der Waals surface area contributed by atoms with Gasteiger partial charge in [-0.2, -0.15) is 0 Å². The highest BCUT2D eigenvalue weighted by Crippen LogP contribution is 2.79. The van der Waals surface area contributed by atoms with Gasteiger partial charge in [-0.25, -0.2) is 9.37 Å². The summed E-state index contributed by atoms with van der Waals surface area (Å²) in [6.45, 7) is 16.9. The fourth-order valence-electron chi connectivity index (χ4n) is 14.5. The maximum absolute atomic E-state index is 15.1. The second-order valence-electron chi connectivity index (χ2n) is 19.0. The predicted molar refractivity (Wildman–Crippen MR) is 190 cm³/mol. The number of imidazole rings is 1. The Hall–Kier alpha value is -2.51. The van der Waals surface area contributed by atoms with E-state index in [2.05, 4.69) is 56.8 Å². The fraction of sp³-hybridized carbons (Fsp3) is 0.714. The topological polar surface area (TPSA) is 100.0 Å².